The van der Waals surface area contributed by atoms with Crippen molar-refractivity contribution in [1.82, 2.24) is 15.0 Å². The van der Waals surface area contributed by atoms with Gasteiger partial charge in [-0.1, -0.05) is 0 Å². The Labute approximate surface area is 146 Å². The van der Waals surface area contributed by atoms with E-state index in [4.69, 9.17) is 20.2 Å². The summed E-state index contributed by atoms with van der Waals surface area (Å²) in [6.45, 7) is 6.28. The molecular weight excluding hydrogens is 320 g/mol. The Morgan fingerprint density at radius 1 is 0.760 bits per heavy atom. The van der Waals surface area contributed by atoms with Crippen LogP contribution in [0.15, 0.2) is 24.5 Å². The summed E-state index contributed by atoms with van der Waals surface area (Å²) in [5.74, 6) is 2.19. The van der Waals surface area contributed by atoms with Gasteiger partial charge in [0.15, 0.2) is 0 Å². The van der Waals surface area contributed by atoms with E-state index < -0.39 is 0 Å². The Hall–Kier alpha value is -2.45. The van der Waals surface area contributed by atoms with E-state index >= 15 is 0 Å². The second-order valence-corrected chi connectivity index (χ2v) is 6.10. The minimum absolute atomic E-state index is 0.277. The lowest BCUT2D eigenvalue weighted by molar-refractivity contribution is 0.121. The van der Waals surface area contributed by atoms with Crippen LogP contribution in [0.2, 0.25) is 0 Å². The number of aromatic nitrogens is 3. The van der Waals surface area contributed by atoms with Gasteiger partial charge in [-0.3, -0.25) is 0 Å². The lowest BCUT2D eigenvalue weighted by Crippen LogP contribution is -2.39. The standard InChI is InChI=1S/C17H22N6O2/c18-17-19-11-14(12-20-17)13-9-15(22-1-5-24-6-2-22)21-16(10-13)23-3-7-25-8-4-23/h9-12H,1-8H2,(H2,18,19,20). The van der Waals surface area contributed by atoms with Gasteiger partial charge in [-0.25, -0.2) is 15.0 Å². The fourth-order valence-electron chi connectivity index (χ4n) is 3.06. The van der Waals surface area contributed by atoms with Crippen LogP contribution in [0.3, 0.4) is 0 Å². The number of rotatable bonds is 3. The summed E-state index contributed by atoms with van der Waals surface area (Å²) in [6, 6.07) is 4.17. The minimum Gasteiger partial charge on any atom is -0.378 e. The molecule has 0 unspecified atom stereocenters. The maximum Gasteiger partial charge on any atom is 0.219 e. The predicted molar refractivity (Wildman–Crippen MR) is 95.7 cm³/mol. The van der Waals surface area contributed by atoms with Crippen LogP contribution in [0.25, 0.3) is 11.1 Å². The van der Waals surface area contributed by atoms with Crippen LogP contribution in [-0.4, -0.2) is 67.6 Å². The molecule has 132 valence electrons. The molecule has 0 aromatic carbocycles. The molecule has 2 aliphatic heterocycles. The van der Waals surface area contributed by atoms with E-state index in [0.717, 1.165) is 75.4 Å². The molecule has 2 N–H and O–H groups in total. The lowest BCUT2D eigenvalue weighted by atomic mass is 10.1. The Kier molecular flexibility index (Phi) is 4.62. The molecule has 0 aliphatic carbocycles. The number of nitrogens with two attached hydrogens (primary N) is 1. The average molecular weight is 342 g/mol. The molecule has 2 fully saturated rings. The van der Waals surface area contributed by atoms with Crippen LogP contribution < -0.4 is 15.5 Å². The number of morpholine rings is 2. The zero-order chi connectivity index (χ0) is 17.1. The van der Waals surface area contributed by atoms with Crippen LogP contribution in [0.5, 0.6) is 0 Å². The fourth-order valence-corrected chi connectivity index (χ4v) is 3.06. The molecule has 4 heterocycles. The number of nitrogens with zero attached hydrogens (tertiary/aromatic N) is 5. The third kappa shape index (κ3) is 3.64. The summed E-state index contributed by atoms with van der Waals surface area (Å²) >= 11 is 0. The van der Waals surface area contributed by atoms with Crippen molar-refractivity contribution < 1.29 is 9.47 Å². The van der Waals surface area contributed by atoms with E-state index in [9.17, 15) is 0 Å². The highest BCUT2D eigenvalue weighted by Crippen LogP contribution is 2.28. The van der Waals surface area contributed by atoms with Crippen molar-refractivity contribution >= 4 is 17.6 Å². The summed E-state index contributed by atoms with van der Waals surface area (Å²) in [6.07, 6.45) is 3.51. The van der Waals surface area contributed by atoms with Crippen molar-refractivity contribution in [2.45, 2.75) is 0 Å². The second-order valence-electron chi connectivity index (χ2n) is 6.10. The molecule has 2 saturated heterocycles. The molecule has 0 radical (unpaired) electrons. The highest BCUT2D eigenvalue weighted by molar-refractivity contribution is 5.70. The molecule has 8 heteroatoms. The Bertz CT molecular complexity index is 675. The van der Waals surface area contributed by atoms with Crippen LogP contribution in [-0.2, 0) is 9.47 Å². The van der Waals surface area contributed by atoms with Gasteiger partial charge >= 0.3 is 0 Å². The molecule has 2 aromatic rings. The molecule has 0 spiro atoms. The molecule has 2 aliphatic rings. The number of pyridine rings is 1. The molecule has 0 saturated carbocycles. The Morgan fingerprint density at radius 3 is 1.72 bits per heavy atom. The number of hydrogen-bond acceptors (Lipinski definition) is 8. The van der Waals surface area contributed by atoms with Gasteiger partial charge in [-0.15, -0.1) is 0 Å². The molecule has 0 amide bonds. The maximum atomic E-state index is 5.62. The van der Waals surface area contributed by atoms with Gasteiger partial charge in [0.1, 0.15) is 11.6 Å². The van der Waals surface area contributed by atoms with Crippen LogP contribution in [0, 0.1) is 0 Å². The molecular formula is C17H22N6O2. The van der Waals surface area contributed by atoms with Crippen LogP contribution >= 0.6 is 0 Å². The molecule has 2 aromatic heterocycles. The van der Waals surface area contributed by atoms with Crippen molar-refractivity contribution in [3.8, 4) is 11.1 Å². The smallest absolute Gasteiger partial charge is 0.219 e. The molecule has 0 bridgehead atoms. The third-order valence-electron chi connectivity index (χ3n) is 4.47. The lowest BCUT2D eigenvalue weighted by Gasteiger charge is -2.31. The minimum atomic E-state index is 0.277. The second kappa shape index (κ2) is 7.20. The van der Waals surface area contributed by atoms with Gasteiger partial charge in [0, 0.05) is 44.1 Å². The van der Waals surface area contributed by atoms with E-state index in [0.29, 0.717) is 0 Å². The summed E-state index contributed by atoms with van der Waals surface area (Å²) in [4.78, 5) is 17.7. The molecule has 0 atom stereocenters. The van der Waals surface area contributed by atoms with Crippen molar-refractivity contribution in [3.63, 3.8) is 0 Å². The van der Waals surface area contributed by atoms with Crippen LogP contribution in [0.1, 0.15) is 0 Å². The van der Waals surface area contributed by atoms with E-state index in [1.807, 2.05) is 0 Å². The Balaban J connectivity index is 1.72. The zero-order valence-corrected chi connectivity index (χ0v) is 14.1. The van der Waals surface area contributed by atoms with Gasteiger partial charge in [0.05, 0.1) is 26.4 Å². The Morgan fingerprint density at radius 2 is 1.24 bits per heavy atom. The first-order chi connectivity index (χ1) is 12.3. The SMILES string of the molecule is Nc1ncc(-c2cc(N3CCOCC3)nc(N3CCOCC3)c2)cn1. The third-order valence-corrected chi connectivity index (χ3v) is 4.47. The van der Waals surface area contributed by atoms with E-state index in [1.165, 1.54) is 0 Å². The maximum absolute atomic E-state index is 5.62. The molecule has 25 heavy (non-hydrogen) atoms. The first-order valence-electron chi connectivity index (χ1n) is 8.55. The van der Waals surface area contributed by atoms with E-state index in [1.54, 1.807) is 12.4 Å². The number of nitrogen functional groups attached to an aromatic ring is 1. The zero-order valence-electron chi connectivity index (χ0n) is 14.1. The van der Waals surface area contributed by atoms with Crippen molar-refractivity contribution in [3.05, 3.63) is 24.5 Å². The summed E-state index contributed by atoms with van der Waals surface area (Å²) in [5, 5.41) is 0. The highest BCUT2D eigenvalue weighted by Gasteiger charge is 2.19. The van der Waals surface area contributed by atoms with Crippen molar-refractivity contribution in [1.29, 1.82) is 0 Å². The molecule has 4 rings (SSSR count). The van der Waals surface area contributed by atoms with Gasteiger partial charge in [-0.2, -0.15) is 0 Å². The van der Waals surface area contributed by atoms with Gasteiger partial charge in [0.25, 0.3) is 0 Å². The highest BCUT2D eigenvalue weighted by atomic mass is 16.5. The van der Waals surface area contributed by atoms with Crippen LogP contribution in [0.4, 0.5) is 17.6 Å². The van der Waals surface area contributed by atoms with E-state index in [2.05, 4.69) is 31.9 Å². The molecule has 8 nitrogen and oxygen atoms in total. The first kappa shape index (κ1) is 16.0. The summed E-state index contributed by atoms with van der Waals surface area (Å²) in [5.41, 5.74) is 7.59. The largest absolute Gasteiger partial charge is 0.378 e. The fraction of sp³-hybridized carbons (Fsp3) is 0.471. The monoisotopic (exact) mass is 342 g/mol. The summed E-state index contributed by atoms with van der Waals surface area (Å²) < 4.78 is 10.9. The average Bonchev–Trinajstić information content (AvgIpc) is 2.69. The van der Waals surface area contributed by atoms with E-state index in [-0.39, 0.29) is 5.95 Å². The number of hydrogen-bond donors (Lipinski definition) is 1. The van der Waals surface area contributed by atoms with Crippen molar-refractivity contribution in [2.24, 2.45) is 0 Å². The number of ether oxygens (including phenoxy) is 2. The summed E-state index contributed by atoms with van der Waals surface area (Å²) in [7, 11) is 0. The topological polar surface area (TPSA) is 89.6 Å². The van der Waals surface area contributed by atoms with Crippen molar-refractivity contribution in [2.75, 3.05) is 68.1 Å². The normalized spacial score (nSPS) is 18.4. The first-order valence-corrected chi connectivity index (χ1v) is 8.55. The van der Waals surface area contributed by atoms with Gasteiger partial charge < -0.3 is 25.0 Å². The number of anilines is 3. The quantitative estimate of drug-likeness (QED) is 0.876. The van der Waals surface area contributed by atoms with Gasteiger partial charge in [-0.05, 0) is 17.7 Å². The predicted octanol–water partition coefficient (Wildman–Crippen LogP) is 0.794. The van der Waals surface area contributed by atoms with Gasteiger partial charge in [0.2, 0.25) is 5.95 Å².